The van der Waals surface area contributed by atoms with Gasteiger partial charge in [0.05, 0.1) is 5.41 Å². The van der Waals surface area contributed by atoms with E-state index in [1.807, 2.05) is 0 Å². The molecule has 1 saturated carbocycles. The monoisotopic (exact) mass is 239 g/mol. The molecular weight excluding hydrogens is 210 g/mol. The number of amides is 1. The van der Waals surface area contributed by atoms with Crippen LogP contribution in [0.25, 0.3) is 0 Å². The molecule has 1 amide bonds. The van der Waals surface area contributed by atoms with Crippen LogP contribution in [0.4, 0.5) is 0 Å². The predicted octanol–water partition coefficient (Wildman–Crippen LogP) is 3.90. The van der Waals surface area contributed by atoms with Crippen LogP contribution in [0.2, 0.25) is 0 Å². The molecular formula is C15H29NO. The van der Waals surface area contributed by atoms with E-state index in [1.165, 1.54) is 25.7 Å². The van der Waals surface area contributed by atoms with Crippen molar-refractivity contribution in [3.8, 4) is 0 Å². The Balaban J connectivity index is 2.86. The Hall–Kier alpha value is -0.530. The molecule has 0 aromatic carbocycles. The lowest BCUT2D eigenvalue weighted by molar-refractivity contribution is -0.136. The number of hydrogen-bond acceptors (Lipinski definition) is 1. The predicted molar refractivity (Wildman–Crippen MR) is 72.9 cm³/mol. The van der Waals surface area contributed by atoms with Gasteiger partial charge in [-0.3, -0.25) is 4.79 Å². The molecule has 0 aliphatic heterocycles. The zero-order valence-corrected chi connectivity index (χ0v) is 12.2. The van der Waals surface area contributed by atoms with E-state index >= 15 is 0 Å². The summed E-state index contributed by atoms with van der Waals surface area (Å²) in [4.78, 5) is 12.6. The van der Waals surface area contributed by atoms with Crippen molar-refractivity contribution < 1.29 is 4.79 Å². The molecule has 0 unspecified atom stereocenters. The highest BCUT2D eigenvalue weighted by Crippen LogP contribution is 2.41. The van der Waals surface area contributed by atoms with Crippen molar-refractivity contribution in [1.82, 2.24) is 5.32 Å². The molecule has 100 valence electrons. The molecule has 0 bridgehead atoms. The zero-order chi connectivity index (χ0) is 13.1. The van der Waals surface area contributed by atoms with Gasteiger partial charge >= 0.3 is 0 Å². The lowest BCUT2D eigenvalue weighted by Gasteiger charge is -2.38. The Morgan fingerprint density at radius 3 is 1.88 bits per heavy atom. The van der Waals surface area contributed by atoms with Crippen LogP contribution in [0, 0.1) is 11.3 Å². The van der Waals surface area contributed by atoms with Crippen LogP contribution >= 0.6 is 0 Å². The molecule has 0 heterocycles. The van der Waals surface area contributed by atoms with Gasteiger partial charge in [-0.15, -0.1) is 0 Å². The van der Waals surface area contributed by atoms with Crippen molar-refractivity contribution in [2.45, 2.75) is 78.7 Å². The Morgan fingerprint density at radius 2 is 1.53 bits per heavy atom. The van der Waals surface area contributed by atoms with Crippen LogP contribution in [0.3, 0.4) is 0 Å². The molecule has 1 N–H and O–H groups in total. The minimum absolute atomic E-state index is 0.120. The van der Waals surface area contributed by atoms with Gasteiger partial charge in [0.25, 0.3) is 0 Å². The van der Waals surface area contributed by atoms with Gasteiger partial charge < -0.3 is 5.32 Å². The van der Waals surface area contributed by atoms with Gasteiger partial charge in [-0.2, -0.15) is 0 Å². The van der Waals surface area contributed by atoms with Crippen LogP contribution in [-0.2, 0) is 4.79 Å². The van der Waals surface area contributed by atoms with E-state index in [0.717, 1.165) is 12.8 Å². The van der Waals surface area contributed by atoms with Gasteiger partial charge in [0.2, 0.25) is 5.91 Å². The van der Waals surface area contributed by atoms with E-state index in [0.29, 0.717) is 5.92 Å². The summed E-state index contributed by atoms with van der Waals surface area (Å²) in [7, 11) is 0. The SMILES string of the molecule is CC(C)C1(C(=O)NC(C)(C)C)CCCCCC1. The van der Waals surface area contributed by atoms with Crippen LogP contribution in [0.5, 0.6) is 0 Å². The third kappa shape index (κ3) is 3.72. The molecule has 1 aliphatic carbocycles. The van der Waals surface area contributed by atoms with Gasteiger partial charge in [-0.05, 0) is 39.5 Å². The Bertz CT molecular complexity index is 255. The first-order valence-electron chi connectivity index (χ1n) is 7.10. The summed E-state index contributed by atoms with van der Waals surface area (Å²) >= 11 is 0. The van der Waals surface area contributed by atoms with Crippen molar-refractivity contribution in [2.24, 2.45) is 11.3 Å². The smallest absolute Gasteiger partial charge is 0.226 e. The highest BCUT2D eigenvalue weighted by atomic mass is 16.2. The van der Waals surface area contributed by atoms with Crippen molar-refractivity contribution in [3.05, 3.63) is 0 Å². The lowest BCUT2D eigenvalue weighted by atomic mass is 9.70. The molecule has 0 aromatic rings. The van der Waals surface area contributed by atoms with Crippen LogP contribution in [-0.4, -0.2) is 11.4 Å². The van der Waals surface area contributed by atoms with Gasteiger partial charge in [-0.1, -0.05) is 39.5 Å². The summed E-state index contributed by atoms with van der Waals surface area (Å²) in [5.74, 6) is 0.713. The van der Waals surface area contributed by atoms with E-state index in [4.69, 9.17) is 0 Å². The standard InChI is InChI=1S/C15H29NO/c1-12(2)15(10-8-6-7-9-11-15)13(17)16-14(3,4)5/h12H,6-11H2,1-5H3,(H,16,17). The highest BCUT2D eigenvalue weighted by Gasteiger charge is 2.42. The molecule has 0 saturated heterocycles. The average Bonchev–Trinajstić information content (AvgIpc) is 2.40. The van der Waals surface area contributed by atoms with Crippen molar-refractivity contribution in [2.75, 3.05) is 0 Å². The topological polar surface area (TPSA) is 29.1 Å². The molecule has 1 fully saturated rings. The molecule has 0 spiro atoms. The largest absolute Gasteiger partial charge is 0.351 e. The molecule has 2 nitrogen and oxygen atoms in total. The number of hydrogen-bond donors (Lipinski definition) is 1. The summed E-state index contributed by atoms with van der Waals surface area (Å²) < 4.78 is 0. The first kappa shape index (κ1) is 14.5. The van der Waals surface area contributed by atoms with E-state index in [9.17, 15) is 4.79 Å². The van der Waals surface area contributed by atoms with Gasteiger partial charge in [0.15, 0.2) is 0 Å². The Labute approximate surface area is 107 Å². The zero-order valence-electron chi connectivity index (χ0n) is 12.2. The van der Waals surface area contributed by atoms with E-state index in [1.54, 1.807) is 0 Å². The summed E-state index contributed by atoms with van der Waals surface area (Å²) in [6.07, 6.45) is 7.11. The van der Waals surface area contributed by atoms with Crippen LogP contribution in [0.1, 0.15) is 73.1 Å². The molecule has 2 heteroatoms. The van der Waals surface area contributed by atoms with Crippen LogP contribution in [0.15, 0.2) is 0 Å². The lowest BCUT2D eigenvalue weighted by Crippen LogP contribution is -2.51. The maximum atomic E-state index is 12.6. The second-order valence-corrected chi connectivity index (χ2v) is 6.93. The Kier molecular flexibility index (Phi) is 4.62. The molecule has 1 rings (SSSR count). The summed E-state index contributed by atoms with van der Waals surface area (Å²) in [5, 5.41) is 3.20. The van der Waals surface area contributed by atoms with Gasteiger partial charge in [0, 0.05) is 5.54 Å². The minimum atomic E-state index is -0.121. The maximum Gasteiger partial charge on any atom is 0.226 e. The average molecular weight is 239 g/mol. The second-order valence-electron chi connectivity index (χ2n) is 6.93. The fourth-order valence-corrected chi connectivity index (χ4v) is 2.89. The molecule has 0 atom stereocenters. The van der Waals surface area contributed by atoms with Crippen LogP contribution < -0.4 is 5.32 Å². The first-order valence-corrected chi connectivity index (χ1v) is 7.10. The third-order valence-corrected chi connectivity index (χ3v) is 4.04. The summed E-state index contributed by atoms with van der Waals surface area (Å²) in [6.45, 7) is 10.6. The number of nitrogens with one attached hydrogen (secondary N) is 1. The minimum Gasteiger partial charge on any atom is -0.351 e. The fourth-order valence-electron chi connectivity index (χ4n) is 2.89. The van der Waals surface area contributed by atoms with Crippen molar-refractivity contribution in [3.63, 3.8) is 0 Å². The first-order chi connectivity index (χ1) is 7.78. The highest BCUT2D eigenvalue weighted by molar-refractivity contribution is 5.83. The summed E-state index contributed by atoms with van der Waals surface area (Å²) in [6, 6.07) is 0. The fraction of sp³-hybridized carbons (Fsp3) is 0.933. The van der Waals surface area contributed by atoms with Gasteiger partial charge in [0.1, 0.15) is 0 Å². The molecule has 17 heavy (non-hydrogen) atoms. The molecule has 0 aromatic heterocycles. The quantitative estimate of drug-likeness (QED) is 0.728. The number of rotatable bonds is 2. The summed E-state index contributed by atoms with van der Waals surface area (Å²) in [5.41, 5.74) is -0.241. The van der Waals surface area contributed by atoms with Crippen molar-refractivity contribution in [1.29, 1.82) is 0 Å². The molecule has 0 radical (unpaired) electrons. The number of carbonyl (C=O) groups excluding carboxylic acids is 1. The van der Waals surface area contributed by atoms with Crippen molar-refractivity contribution >= 4 is 5.91 Å². The molecule has 1 aliphatic rings. The van der Waals surface area contributed by atoms with E-state index < -0.39 is 0 Å². The second kappa shape index (κ2) is 5.41. The van der Waals surface area contributed by atoms with E-state index in [2.05, 4.69) is 39.9 Å². The number of carbonyl (C=O) groups is 1. The van der Waals surface area contributed by atoms with E-state index in [-0.39, 0.29) is 16.9 Å². The Morgan fingerprint density at radius 1 is 1.06 bits per heavy atom. The van der Waals surface area contributed by atoms with Gasteiger partial charge in [-0.25, -0.2) is 0 Å². The third-order valence-electron chi connectivity index (χ3n) is 4.04. The normalized spacial score (nSPS) is 21.1. The maximum absolute atomic E-state index is 12.6.